The van der Waals surface area contributed by atoms with Gasteiger partial charge in [0.05, 0.1) is 30.4 Å². The van der Waals surface area contributed by atoms with Gasteiger partial charge in [0.15, 0.2) is 0 Å². The molecule has 54 heavy (non-hydrogen) atoms. The summed E-state index contributed by atoms with van der Waals surface area (Å²) in [5.41, 5.74) is -1.29. The molecule has 282 valence electrons. The molecule has 10 nitrogen and oxygen atoms in total. The molecule has 0 spiro atoms. The molecule has 3 heterocycles. The summed E-state index contributed by atoms with van der Waals surface area (Å²) < 4.78 is 30.4. The highest BCUT2D eigenvalue weighted by molar-refractivity contribution is 7.21. The van der Waals surface area contributed by atoms with Crippen LogP contribution in [0.3, 0.4) is 0 Å². The number of benzene rings is 3. The van der Waals surface area contributed by atoms with Gasteiger partial charge in [0.1, 0.15) is 27.3 Å². The highest BCUT2D eigenvalue weighted by Crippen LogP contribution is 2.38. The SMILES string of the molecule is Cc1ccc(F)cc1[C@H](Cn1c(=O)n(C(C)(C)C(=O)O[Si](c2ccccc2)(c2ccccc2)C(C)(C)C)c(=O)c2c(C)c(-n3nccn3)sc21)OC(C)C. The Balaban J connectivity index is 1.60. The molecule has 0 N–H and O–H groups in total. The summed E-state index contributed by atoms with van der Waals surface area (Å²) in [6, 6.07) is 23.8. The zero-order valence-corrected chi connectivity index (χ0v) is 33.9. The number of aromatic nitrogens is 5. The lowest BCUT2D eigenvalue weighted by Gasteiger charge is -2.43. The molecule has 0 bridgehead atoms. The summed E-state index contributed by atoms with van der Waals surface area (Å²) in [6.07, 6.45) is 1.98. The molecule has 0 saturated carbocycles. The van der Waals surface area contributed by atoms with Crippen molar-refractivity contribution < 1.29 is 18.3 Å². The van der Waals surface area contributed by atoms with E-state index in [-0.39, 0.29) is 18.0 Å². The van der Waals surface area contributed by atoms with Crippen molar-refractivity contribution in [2.24, 2.45) is 0 Å². The minimum Gasteiger partial charge on any atom is -0.508 e. The van der Waals surface area contributed by atoms with Gasteiger partial charge in [0.25, 0.3) is 5.56 Å². The maximum absolute atomic E-state index is 15.0. The molecule has 0 aliphatic heterocycles. The minimum atomic E-state index is -3.45. The van der Waals surface area contributed by atoms with Crippen LogP contribution in [-0.2, 0) is 26.0 Å². The van der Waals surface area contributed by atoms with Gasteiger partial charge in [-0.05, 0) is 80.2 Å². The van der Waals surface area contributed by atoms with Gasteiger partial charge in [-0.15, -0.1) is 4.80 Å². The van der Waals surface area contributed by atoms with E-state index in [1.807, 2.05) is 102 Å². The fourth-order valence-electron chi connectivity index (χ4n) is 7.17. The second-order valence-corrected chi connectivity index (χ2v) is 20.5. The van der Waals surface area contributed by atoms with E-state index in [1.54, 1.807) is 26.8 Å². The van der Waals surface area contributed by atoms with Gasteiger partial charge in [0.2, 0.25) is 0 Å². The molecule has 3 aromatic carbocycles. The smallest absolute Gasteiger partial charge is 0.333 e. The molecule has 0 saturated heterocycles. The zero-order chi connectivity index (χ0) is 39.2. The fraction of sp³-hybridized carbons (Fsp3) is 0.341. The largest absolute Gasteiger partial charge is 0.508 e. The van der Waals surface area contributed by atoms with Crippen LogP contribution in [0.2, 0.25) is 5.04 Å². The van der Waals surface area contributed by atoms with Gasteiger partial charge in [-0.25, -0.2) is 13.8 Å². The van der Waals surface area contributed by atoms with E-state index in [9.17, 15) is 14.0 Å². The number of rotatable bonds is 11. The van der Waals surface area contributed by atoms with E-state index >= 15 is 4.79 Å². The maximum Gasteiger partial charge on any atom is 0.333 e. The molecule has 0 unspecified atom stereocenters. The first-order chi connectivity index (χ1) is 25.5. The van der Waals surface area contributed by atoms with Crippen molar-refractivity contribution in [3.63, 3.8) is 0 Å². The number of nitrogens with zero attached hydrogens (tertiary/aromatic N) is 5. The molecule has 0 fully saturated rings. The third-order valence-corrected chi connectivity index (χ3v) is 16.1. The van der Waals surface area contributed by atoms with Gasteiger partial charge in [0, 0.05) is 5.56 Å². The number of ether oxygens (including phenoxy) is 1. The minimum absolute atomic E-state index is 0.0795. The van der Waals surface area contributed by atoms with Crippen LogP contribution in [0.5, 0.6) is 0 Å². The Morgan fingerprint density at radius 2 is 1.46 bits per heavy atom. The van der Waals surface area contributed by atoms with Crippen LogP contribution in [0.1, 0.15) is 71.3 Å². The molecule has 3 aromatic heterocycles. The number of hydrogen-bond acceptors (Lipinski definition) is 8. The predicted molar refractivity (Wildman–Crippen MR) is 213 cm³/mol. The standard InChI is InChI=1S/C41H46FN5O5SSi/c1-26(2)51-33(32-24-29(42)21-20-27(32)3)25-45-37-34(28(4)36(53-37)47-43-22-23-44-47)35(48)46(39(45)50)41(8,9)38(49)52-54(40(5,6)7,30-16-12-10-13-17-30)31-18-14-11-15-19-31/h10-24,26,33H,25H2,1-9H3/t33-/m0/s1. The highest BCUT2D eigenvalue weighted by atomic mass is 32.1. The first-order valence-electron chi connectivity index (χ1n) is 17.9. The zero-order valence-electron chi connectivity index (χ0n) is 32.1. The van der Waals surface area contributed by atoms with Crippen LogP contribution in [0.4, 0.5) is 4.39 Å². The summed E-state index contributed by atoms with van der Waals surface area (Å²) in [5, 5.41) is 10.6. The van der Waals surface area contributed by atoms with Crippen molar-refractivity contribution >= 4 is 46.2 Å². The Morgan fingerprint density at radius 1 is 0.889 bits per heavy atom. The Kier molecular flexibility index (Phi) is 10.5. The Bertz CT molecular complexity index is 2380. The van der Waals surface area contributed by atoms with Gasteiger partial charge < -0.3 is 9.16 Å². The van der Waals surface area contributed by atoms with Gasteiger partial charge in [-0.3, -0.25) is 14.2 Å². The van der Waals surface area contributed by atoms with Crippen LogP contribution in [0, 0.1) is 19.7 Å². The number of thiophene rings is 1. The molecule has 0 radical (unpaired) electrons. The molecule has 6 aromatic rings. The number of halogens is 1. The predicted octanol–water partition coefficient (Wildman–Crippen LogP) is 6.57. The molecule has 0 aliphatic carbocycles. The number of fused-ring (bicyclic) bond motifs is 1. The number of hydrogen-bond donors (Lipinski definition) is 0. The second kappa shape index (κ2) is 14.7. The van der Waals surface area contributed by atoms with Crippen molar-refractivity contribution in [3.8, 4) is 5.00 Å². The third-order valence-electron chi connectivity index (χ3n) is 9.88. The van der Waals surface area contributed by atoms with Crippen molar-refractivity contribution in [3.05, 3.63) is 135 Å². The first-order valence-corrected chi connectivity index (χ1v) is 20.6. The number of carbonyl (C=O) groups is 1. The monoisotopic (exact) mass is 767 g/mol. The van der Waals surface area contributed by atoms with Crippen LogP contribution >= 0.6 is 11.3 Å². The van der Waals surface area contributed by atoms with Crippen LogP contribution in [-0.4, -0.2) is 44.5 Å². The summed E-state index contributed by atoms with van der Waals surface area (Å²) in [7, 11) is -3.45. The average molecular weight is 768 g/mol. The molecule has 0 amide bonds. The highest BCUT2D eigenvalue weighted by Gasteiger charge is 2.55. The van der Waals surface area contributed by atoms with Crippen LogP contribution in [0.25, 0.3) is 15.2 Å². The molecular weight excluding hydrogens is 722 g/mol. The number of aryl methyl sites for hydroxylation is 2. The Hall–Kier alpha value is -4.98. The van der Waals surface area contributed by atoms with Gasteiger partial charge in [-0.1, -0.05) is 98.8 Å². The van der Waals surface area contributed by atoms with Crippen LogP contribution < -0.4 is 21.6 Å². The van der Waals surface area contributed by atoms with E-state index < -0.39 is 48.0 Å². The lowest BCUT2D eigenvalue weighted by atomic mass is 10.0. The normalized spacial score (nSPS) is 13.1. The van der Waals surface area contributed by atoms with Crippen molar-refractivity contribution in [2.75, 3.05) is 0 Å². The molecular formula is C41H46FN5O5SSi. The Morgan fingerprint density at radius 3 is 2.00 bits per heavy atom. The van der Waals surface area contributed by atoms with Crippen molar-refractivity contribution in [1.82, 2.24) is 24.1 Å². The Labute approximate surface area is 318 Å². The van der Waals surface area contributed by atoms with E-state index in [4.69, 9.17) is 9.16 Å². The molecule has 1 atom stereocenters. The average Bonchev–Trinajstić information content (AvgIpc) is 3.77. The second-order valence-electron chi connectivity index (χ2n) is 15.4. The summed E-state index contributed by atoms with van der Waals surface area (Å²) >= 11 is 1.18. The summed E-state index contributed by atoms with van der Waals surface area (Å²) in [5.74, 6) is -1.17. The van der Waals surface area contributed by atoms with Crippen molar-refractivity contribution in [2.45, 2.75) is 91.6 Å². The first kappa shape index (κ1) is 38.7. The topological polar surface area (TPSA) is 110 Å². The van der Waals surface area contributed by atoms with Gasteiger partial charge >= 0.3 is 20.0 Å². The number of carbonyl (C=O) groups excluding carboxylic acids is 1. The van der Waals surface area contributed by atoms with Gasteiger partial charge in [-0.2, -0.15) is 10.2 Å². The van der Waals surface area contributed by atoms with Crippen molar-refractivity contribution in [1.29, 1.82) is 0 Å². The summed E-state index contributed by atoms with van der Waals surface area (Å²) in [4.78, 5) is 46.6. The van der Waals surface area contributed by atoms with E-state index in [1.165, 1.54) is 45.2 Å². The maximum atomic E-state index is 15.0. The quantitative estimate of drug-likeness (QED) is 0.137. The van der Waals surface area contributed by atoms with E-state index in [0.717, 1.165) is 20.5 Å². The fourth-order valence-corrected chi connectivity index (χ4v) is 12.9. The summed E-state index contributed by atoms with van der Waals surface area (Å²) in [6.45, 7) is 16.5. The van der Waals surface area contributed by atoms with Crippen LogP contribution in [0.15, 0.2) is 101 Å². The lowest BCUT2D eigenvalue weighted by Crippen LogP contribution is -2.69. The van der Waals surface area contributed by atoms with E-state index in [2.05, 4.69) is 10.2 Å². The molecule has 6 rings (SSSR count). The lowest BCUT2D eigenvalue weighted by molar-refractivity contribution is -0.144. The third kappa shape index (κ3) is 6.80. The van der Waals surface area contributed by atoms with E-state index in [0.29, 0.717) is 21.0 Å². The molecule has 0 aliphatic rings. The molecule has 13 heteroatoms.